The molecule has 2 nitrogen and oxygen atoms in total. The zero-order valence-corrected chi connectivity index (χ0v) is 12.5. The molecule has 0 saturated heterocycles. The lowest BCUT2D eigenvalue weighted by Gasteiger charge is -2.18. The van der Waals surface area contributed by atoms with Gasteiger partial charge in [-0.3, -0.25) is 9.69 Å². The third-order valence-corrected chi connectivity index (χ3v) is 3.99. The van der Waals surface area contributed by atoms with Crippen LogP contribution in [-0.4, -0.2) is 5.91 Å². The van der Waals surface area contributed by atoms with E-state index in [2.05, 4.69) is 6.08 Å². The fourth-order valence-corrected chi connectivity index (χ4v) is 2.93. The second kappa shape index (κ2) is 5.58. The summed E-state index contributed by atoms with van der Waals surface area (Å²) in [6, 6.07) is 27.6. The van der Waals surface area contributed by atoms with Gasteiger partial charge in [0.25, 0.3) is 5.91 Å². The van der Waals surface area contributed by atoms with Crippen molar-refractivity contribution in [2.45, 2.75) is 0 Å². The molecule has 0 fully saturated rings. The van der Waals surface area contributed by atoms with Crippen LogP contribution in [0.2, 0.25) is 0 Å². The molecule has 0 unspecified atom stereocenters. The van der Waals surface area contributed by atoms with E-state index in [0.29, 0.717) is 0 Å². The first-order valence-electron chi connectivity index (χ1n) is 7.60. The SMILES string of the molecule is O=C1c2ccccc2/C(=C/c2ccccc2)N1c1ccccc1. The first-order valence-corrected chi connectivity index (χ1v) is 7.60. The van der Waals surface area contributed by atoms with Crippen molar-refractivity contribution in [2.24, 2.45) is 0 Å². The number of carbonyl (C=O) groups is 1. The standard InChI is InChI=1S/C21H15NO/c23-21-19-14-8-7-13-18(19)20(15-16-9-3-1-4-10-16)22(21)17-11-5-2-6-12-17/h1-15H/b20-15-. The molecule has 0 aromatic heterocycles. The molecule has 0 atom stereocenters. The minimum atomic E-state index is 0.0222. The van der Waals surface area contributed by atoms with Gasteiger partial charge in [0, 0.05) is 16.8 Å². The molecular weight excluding hydrogens is 282 g/mol. The van der Waals surface area contributed by atoms with E-state index in [-0.39, 0.29) is 5.91 Å². The lowest BCUT2D eigenvalue weighted by Crippen LogP contribution is -2.22. The van der Waals surface area contributed by atoms with E-state index in [1.807, 2.05) is 84.9 Å². The fraction of sp³-hybridized carbons (Fsp3) is 0. The van der Waals surface area contributed by atoms with Gasteiger partial charge in [-0.05, 0) is 29.8 Å². The van der Waals surface area contributed by atoms with Gasteiger partial charge in [-0.2, -0.15) is 0 Å². The van der Waals surface area contributed by atoms with Crippen molar-refractivity contribution in [1.29, 1.82) is 0 Å². The van der Waals surface area contributed by atoms with Crippen molar-refractivity contribution in [3.63, 3.8) is 0 Å². The molecule has 3 aromatic rings. The van der Waals surface area contributed by atoms with E-state index in [9.17, 15) is 4.79 Å². The van der Waals surface area contributed by atoms with Crippen molar-refractivity contribution in [3.05, 3.63) is 102 Å². The number of anilines is 1. The molecule has 0 aliphatic carbocycles. The van der Waals surface area contributed by atoms with E-state index >= 15 is 0 Å². The number of carbonyl (C=O) groups excluding carboxylic acids is 1. The van der Waals surface area contributed by atoms with Crippen molar-refractivity contribution < 1.29 is 4.79 Å². The molecule has 1 heterocycles. The molecule has 0 bridgehead atoms. The number of hydrogen-bond donors (Lipinski definition) is 0. The molecule has 110 valence electrons. The number of para-hydroxylation sites is 1. The van der Waals surface area contributed by atoms with Gasteiger partial charge in [-0.25, -0.2) is 0 Å². The summed E-state index contributed by atoms with van der Waals surface area (Å²) in [4.78, 5) is 14.7. The highest BCUT2D eigenvalue weighted by Crippen LogP contribution is 2.37. The van der Waals surface area contributed by atoms with Gasteiger partial charge in [-0.15, -0.1) is 0 Å². The second-order valence-electron chi connectivity index (χ2n) is 5.46. The molecule has 1 aliphatic rings. The summed E-state index contributed by atoms with van der Waals surface area (Å²) < 4.78 is 0. The summed E-state index contributed by atoms with van der Waals surface area (Å²) in [5.41, 5.74) is 4.61. The van der Waals surface area contributed by atoms with Crippen molar-refractivity contribution >= 4 is 23.4 Å². The summed E-state index contributed by atoms with van der Waals surface area (Å²) >= 11 is 0. The second-order valence-corrected chi connectivity index (χ2v) is 5.46. The maximum atomic E-state index is 12.9. The fourth-order valence-electron chi connectivity index (χ4n) is 2.93. The highest BCUT2D eigenvalue weighted by Gasteiger charge is 2.32. The van der Waals surface area contributed by atoms with E-state index in [1.54, 1.807) is 4.90 Å². The Morgan fingerprint density at radius 1 is 0.652 bits per heavy atom. The Balaban J connectivity index is 1.91. The van der Waals surface area contributed by atoms with Crippen LogP contribution in [0.4, 0.5) is 5.69 Å². The largest absolute Gasteiger partial charge is 0.276 e. The molecular formula is C21H15NO. The molecule has 1 aliphatic heterocycles. The maximum Gasteiger partial charge on any atom is 0.263 e. The molecule has 1 amide bonds. The molecule has 23 heavy (non-hydrogen) atoms. The summed E-state index contributed by atoms with van der Waals surface area (Å²) in [7, 11) is 0. The Labute approximate surface area is 135 Å². The lowest BCUT2D eigenvalue weighted by molar-refractivity contribution is 0.101. The Morgan fingerprint density at radius 2 is 1.22 bits per heavy atom. The van der Waals surface area contributed by atoms with Gasteiger partial charge < -0.3 is 0 Å². The zero-order valence-electron chi connectivity index (χ0n) is 12.5. The van der Waals surface area contributed by atoms with Crippen LogP contribution in [0, 0.1) is 0 Å². The van der Waals surface area contributed by atoms with E-state index < -0.39 is 0 Å². The molecule has 0 saturated carbocycles. The number of nitrogens with zero attached hydrogens (tertiary/aromatic N) is 1. The van der Waals surface area contributed by atoms with Gasteiger partial charge in [0.05, 0.1) is 5.70 Å². The van der Waals surface area contributed by atoms with E-state index in [4.69, 9.17) is 0 Å². The van der Waals surface area contributed by atoms with E-state index in [0.717, 1.165) is 28.1 Å². The number of rotatable bonds is 2. The average Bonchev–Trinajstić information content (AvgIpc) is 2.89. The zero-order chi connectivity index (χ0) is 15.6. The minimum absolute atomic E-state index is 0.0222. The van der Waals surface area contributed by atoms with Gasteiger partial charge in [0.2, 0.25) is 0 Å². The quantitative estimate of drug-likeness (QED) is 0.662. The topological polar surface area (TPSA) is 20.3 Å². The molecule has 2 heteroatoms. The van der Waals surface area contributed by atoms with Crippen LogP contribution in [0.3, 0.4) is 0 Å². The maximum absolute atomic E-state index is 12.9. The summed E-state index contributed by atoms with van der Waals surface area (Å²) in [6.45, 7) is 0. The first kappa shape index (κ1) is 13.5. The van der Waals surface area contributed by atoms with Crippen LogP contribution < -0.4 is 4.90 Å². The predicted octanol–water partition coefficient (Wildman–Crippen LogP) is 4.85. The van der Waals surface area contributed by atoms with Gasteiger partial charge in [0.1, 0.15) is 0 Å². The highest BCUT2D eigenvalue weighted by atomic mass is 16.2. The van der Waals surface area contributed by atoms with Crippen molar-refractivity contribution in [2.75, 3.05) is 4.90 Å². The normalized spacial score (nSPS) is 15.0. The third kappa shape index (κ3) is 2.34. The van der Waals surface area contributed by atoms with Crippen LogP contribution >= 0.6 is 0 Å². The number of hydrogen-bond acceptors (Lipinski definition) is 1. The predicted molar refractivity (Wildman–Crippen MR) is 94.0 cm³/mol. The Morgan fingerprint density at radius 3 is 1.91 bits per heavy atom. The van der Waals surface area contributed by atoms with Crippen LogP contribution in [0.15, 0.2) is 84.9 Å². The summed E-state index contributed by atoms with van der Waals surface area (Å²) in [5, 5.41) is 0. The van der Waals surface area contributed by atoms with Gasteiger partial charge in [0.15, 0.2) is 0 Å². The number of amides is 1. The van der Waals surface area contributed by atoms with Crippen LogP contribution in [0.1, 0.15) is 21.5 Å². The monoisotopic (exact) mass is 297 g/mol. The van der Waals surface area contributed by atoms with Gasteiger partial charge >= 0.3 is 0 Å². The number of fused-ring (bicyclic) bond motifs is 1. The average molecular weight is 297 g/mol. The summed E-state index contributed by atoms with van der Waals surface area (Å²) in [5.74, 6) is 0.0222. The molecule has 0 N–H and O–H groups in total. The number of benzene rings is 3. The third-order valence-electron chi connectivity index (χ3n) is 3.99. The smallest absolute Gasteiger partial charge is 0.263 e. The minimum Gasteiger partial charge on any atom is -0.276 e. The summed E-state index contributed by atoms with van der Waals surface area (Å²) in [6.07, 6.45) is 2.07. The Hall–Kier alpha value is -3.13. The highest BCUT2D eigenvalue weighted by molar-refractivity contribution is 6.24. The molecule has 3 aromatic carbocycles. The molecule has 0 spiro atoms. The van der Waals surface area contributed by atoms with Crippen LogP contribution in [0.5, 0.6) is 0 Å². The molecule has 0 radical (unpaired) electrons. The van der Waals surface area contributed by atoms with Crippen LogP contribution in [0.25, 0.3) is 11.8 Å². The van der Waals surface area contributed by atoms with Crippen molar-refractivity contribution in [3.8, 4) is 0 Å². The van der Waals surface area contributed by atoms with Crippen molar-refractivity contribution in [1.82, 2.24) is 0 Å². The first-order chi connectivity index (χ1) is 11.3. The van der Waals surface area contributed by atoms with Crippen LogP contribution in [-0.2, 0) is 0 Å². The van der Waals surface area contributed by atoms with E-state index in [1.165, 1.54) is 0 Å². The Bertz CT molecular complexity index is 882. The molecule has 4 rings (SSSR count). The van der Waals surface area contributed by atoms with Gasteiger partial charge in [-0.1, -0.05) is 66.7 Å². The lowest BCUT2D eigenvalue weighted by atomic mass is 10.1. The Kier molecular flexibility index (Phi) is 3.28.